The number of Topliss-reactive ketones (excluding diaryl/α,β-unsaturated/α-hetero) is 1. The van der Waals surface area contributed by atoms with Crippen LogP contribution in [0.4, 0.5) is 0 Å². The third kappa shape index (κ3) is 8.65. The Bertz CT molecular complexity index is 386. The molecule has 0 aliphatic heterocycles. The van der Waals surface area contributed by atoms with E-state index in [-0.39, 0.29) is 35.3 Å². The molecule has 0 aromatic rings. The van der Waals surface area contributed by atoms with E-state index in [1.54, 1.807) is 0 Å². The molecule has 21 heavy (non-hydrogen) atoms. The van der Waals surface area contributed by atoms with Crippen LogP contribution in [0.15, 0.2) is 12.2 Å². The molecule has 7 heteroatoms. The number of ketones is 1. The quantitative estimate of drug-likeness (QED) is 0.419. The van der Waals surface area contributed by atoms with Crippen molar-refractivity contribution in [2.45, 2.75) is 63.9 Å². The van der Waals surface area contributed by atoms with Crippen LogP contribution in [0.3, 0.4) is 0 Å². The van der Waals surface area contributed by atoms with Gasteiger partial charge in [-0.3, -0.25) is 9.36 Å². The minimum Gasteiger partial charge on any atom is -0.756 e. The first kappa shape index (κ1) is 21.5. The van der Waals surface area contributed by atoms with Crippen molar-refractivity contribution in [3.63, 3.8) is 0 Å². The molecule has 1 saturated carbocycles. The van der Waals surface area contributed by atoms with Gasteiger partial charge >= 0.3 is 29.6 Å². The van der Waals surface area contributed by atoms with Crippen LogP contribution in [0.2, 0.25) is 0 Å². The molecule has 1 fully saturated rings. The molecular formula is C14H24NaO5P. The van der Waals surface area contributed by atoms with Crippen LogP contribution >= 0.6 is 7.82 Å². The maximum Gasteiger partial charge on any atom is 1.00 e. The zero-order chi connectivity index (χ0) is 15.0. The van der Waals surface area contributed by atoms with E-state index in [2.05, 4.69) is 11.1 Å². The predicted octanol–water partition coefficient (Wildman–Crippen LogP) is 0.140. The zero-order valence-electron chi connectivity index (χ0n) is 13.1. The molecule has 0 spiro atoms. The van der Waals surface area contributed by atoms with Crippen molar-refractivity contribution >= 4 is 13.6 Å². The molecule has 0 aromatic carbocycles. The smallest absolute Gasteiger partial charge is 0.756 e. The molecule has 0 heterocycles. The topological polar surface area (TPSA) is 75.7 Å². The summed E-state index contributed by atoms with van der Waals surface area (Å²) >= 11 is 0. The van der Waals surface area contributed by atoms with Gasteiger partial charge in [0.1, 0.15) is 6.10 Å². The van der Waals surface area contributed by atoms with Crippen molar-refractivity contribution in [1.29, 1.82) is 0 Å². The van der Waals surface area contributed by atoms with Crippen molar-refractivity contribution in [3.05, 3.63) is 12.2 Å². The number of carbonyl (C=O) groups is 1. The average molecular weight is 326 g/mol. The third-order valence-corrected chi connectivity index (χ3v) is 4.53. The number of hydrogen-bond acceptors (Lipinski definition) is 5. The van der Waals surface area contributed by atoms with E-state index >= 15 is 0 Å². The van der Waals surface area contributed by atoms with Crippen molar-refractivity contribution in [2.75, 3.05) is 7.11 Å². The summed E-state index contributed by atoms with van der Waals surface area (Å²) in [6.45, 7) is 3.77. The molecule has 0 amide bonds. The number of rotatable bonds is 3. The summed E-state index contributed by atoms with van der Waals surface area (Å²) in [5, 5.41) is 0. The molecule has 2 atom stereocenters. The summed E-state index contributed by atoms with van der Waals surface area (Å²) < 4.78 is 20.6. The molecule has 0 saturated heterocycles. The van der Waals surface area contributed by atoms with Gasteiger partial charge in [-0.25, -0.2) is 0 Å². The molecular weight excluding hydrogens is 302 g/mol. The minimum atomic E-state index is -4.40. The van der Waals surface area contributed by atoms with Gasteiger partial charge in [0.05, 0.1) is 0 Å². The third-order valence-electron chi connectivity index (χ3n) is 3.57. The fourth-order valence-electron chi connectivity index (χ4n) is 2.33. The Morgan fingerprint density at radius 2 is 1.67 bits per heavy atom. The van der Waals surface area contributed by atoms with E-state index in [0.717, 1.165) is 39.2 Å². The van der Waals surface area contributed by atoms with Crippen LogP contribution in [0.1, 0.15) is 57.8 Å². The van der Waals surface area contributed by atoms with Gasteiger partial charge in [-0.1, -0.05) is 45.1 Å². The van der Waals surface area contributed by atoms with Crippen molar-refractivity contribution in [2.24, 2.45) is 0 Å². The number of phosphoric acid groups is 1. The summed E-state index contributed by atoms with van der Waals surface area (Å²) in [5.41, 5.74) is 0.451. The Morgan fingerprint density at radius 1 is 1.14 bits per heavy atom. The molecule has 1 aliphatic rings. The molecule has 0 N–H and O–H groups in total. The first-order valence-corrected chi connectivity index (χ1v) is 8.69. The van der Waals surface area contributed by atoms with Gasteiger partial charge in [-0.15, -0.1) is 0 Å². The summed E-state index contributed by atoms with van der Waals surface area (Å²) in [6.07, 6.45) is 7.24. The summed E-state index contributed by atoms with van der Waals surface area (Å²) in [7, 11) is -3.37. The molecule has 2 unspecified atom stereocenters. The summed E-state index contributed by atoms with van der Waals surface area (Å²) in [4.78, 5) is 23.6. The van der Waals surface area contributed by atoms with Crippen LogP contribution in [0, 0.1) is 0 Å². The van der Waals surface area contributed by atoms with Gasteiger partial charge in [0.25, 0.3) is 7.82 Å². The van der Waals surface area contributed by atoms with E-state index in [9.17, 15) is 14.3 Å². The standard InChI is InChI=1S/C14H25O5P.Na/c1-12-10-8-6-4-3-5-7-9-11-13(14(12)15)19-20(16,17)18-2;/h13H,1,3-11H2,2H3,(H,16,17);/q;+1/p-1. The zero-order valence-corrected chi connectivity index (χ0v) is 16.0. The molecule has 5 nitrogen and oxygen atoms in total. The van der Waals surface area contributed by atoms with Crippen LogP contribution < -0.4 is 34.5 Å². The van der Waals surface area contributed by atoms with Crippen LogP contribution in [0.5, 0.6) is 0 Å². The van der Waals surface area contributed by atoms with E-state index in [4.69, 9.17) is 4.52 Å². The van der Waals surface area contributed by atoms with Gasteiger partial charge in [0.2, 0.25) is 0 Å². The molecule has 0 radical (unpaired) electrons. The first-order chi connectivity index (χ1) is 9.46. The van der Waals surface area contributed by atoms with Crippen LogP contribution in [0.25, 0.3) is 0 Å². The van der Waals surface area contributed by atoms with E-state index in [1.807, 2.05) is 0 Å². The van der Waals surface area contributed by atoms with Gasteiger partial charge in [-0.05, 0) is 24.8 Å². The Labute approximate surface area is 149 Å². The maximum atomic E-state index is 12.2. The monoisotopic (exact) mass is 326 g/mol. The van der Waals surface area contributed by atoms with E-state index in [0.29, 0.717) is 18.4 Å². The largest absolute Gasteiger partial charge is 1.00 e. The number of hydrogen-bond donors (Lipinski definition) is 0. The van der Waals surface area contributed by atoms with Gasteiger partial charge in [-0.2, -0.15) is 0 Å². The second kappa shape index (κ2) is 11.1. The number of carbonyl (C=O) groups excluding carboxylic acids is 1. The minimum absolute atomic E-state index is 0. The van der Waals surface area contributed by atoms with Crippen LogP contribution in [-0.2, 0) is 18.4 Å². The van der Waals surface area contributed by atoms with Crippen molar-refractivity contribution < 1.29 is 52.9 Å². The Balaban J connectivity index is 0.00000400. The van der Waals surface area contributed by atoms with Crippen molar-refractivity contribution in [3.8, 4) is 0 Å². The maximum absolute atomic E-state index is 12.2. The molecule has 0 bridgehead atoms. The Kier molecular flexibility index (Phi) is 11.4. The Morgan fingerprint density at radius 3 is 2.24 bits per heavy atom. The summed E-state index contributed by atoms with van der Waals surface area (Å²) in [6, 6.07) is 0. The summed E-state index contributed by atoms with van der Waals surface area (Å²) in [5.74, 6) is -0.307. The second-order valence-electron chi connectivity index (χ2n) is 5.21. The fourth-order valence-corrected chi connectivity index (χ4v) is 2.93. The molecule has 0 aromatic heterocycles. The Hall–Kier alpha value is 0.520. The normalized spacial score (nSPS) is 25.1. The molecule has 1 rings (SSSR count). The number of phosphoric ester groups is 1. The average Bonchev–Trinajstić information content (AvgIpc) is 2.41. The van der Waals surface area contributed by atoms with Gasteiger partial charge < -0.3 is 13.9 Å². The first-order valence-electron chi connectivity index (χ1n) is 7.23. The van der Waals surface area contributed by atoms with Gasteiger partial charge in [0, 0.05) is 7.11 Å². The van der Waals surface area contributed by atoms with E-state index in [1.165, 1.54) is 12.8 Å². The second-order valence-corrected chi connectivity index (χ2v) is 6.68. The van der Waals surface area contributed by atoms with Gasteiger partial charge in [0.15, 0.2) is 5.78 Å². The van der Waals surface area contributed by atoms with Crippen molar-refractivity contribution in [1.82, 2.24) is 0 Å². The molecule has 116 valence electrons. The fraction of sp³-hybridized carbons (Fsp3) is 0.786. The van der Waals surface area contributed by atoms with Crippen LogP contribution in [-0.4, -0.2) is 19.0 Å². The SMILES string of the molecule is C=C1CCCCCCCCCC(OP(=O)([O-])OC)C1=O.[Na+]. The molecule has 1 aliphatic carbocycles. The van der Waals surface area contributed by atoms with E-state index < -0.39 is 13.9 Å². The predicted molar refractivity (Wildman–Crippen MR) is 75.2 cm³/mol.